The number of carbonyl (C=O) groups is 2. The molecule has 4 aromatic carbocycles. The number of nitrogens with one attached hydrogen (secondary N) is 3. The van der Waals surface area contributed by atoms with Crippen LogP contribution < -0.4 is 16.4 Å². The van der Waals surface area contributed by atoms with E-state index in [0.29, 0.717) is 17.1 Å². The molecule has 0 saturated carbocycles. The summed E-state index contributed by atoms with van der Waals surface area (Å²) in [6.45, 7) is 0. The first-order valence-electron chi connectivity index (χ1n) is 14.3. The van der Waals surface area contributed by atoms with Crippen molar-refractivity contribution in [2.75, 3.05) is 10.7 Å². The van der Waals surface area contributed by atoms with Crippen LogP contribution in [0.1, 0.15) is 26.3 Å². The summed E-state index contributed by atoms with van der Waals surface area (Å²) in [6, 6.07) is 15.4. The number of nitrogens with zero attached hydrogens (tertiary/aromatic N) is 4. The molecule has 1 aliphatic carbocycles. The van der Waals surface area contributed by atoms with E-state index in [0.717, 1.165) is 12.1 Å². The van der Waals surface area contributed by atoms with Crippen LogP contribution in [0, 0.1) is 0 Å². The molecule has 5 aromatic rings. The standard InChI is InChI=1S/C30H20ClN7O12S3/c31-28-34-29(32-17-8-5-15(6-9-17)27(40)41)36-30(35-28)33-21-13-18(51(42,43)44)11-16-12-22(52(45,46)47)24(25(39)23(16)21)38-37-20-10-7-14-3-1-2-4-19(14)26(20)53(48,49)50/h1-13,37H,(H,40,41)(H,42,43,44)(H,45,46,47)(H,48,49,50)(H2,32,33,34,35,36)/b38-24-. The van der Waals surface area contributed by atoms with Gasteiger partial charge in [0.1, 0.15) is 9.80 Å². The molecule has 1 heterocycles. The minimum absolute atomic E-state index is 0.0137. The summed E-state index contributed by atoms with van der Waals surface area (Å²) in [5, 5.41) is 15.8. The smallest absolute Gasteiger partial charge is 0.335 e. The largest absolute Gasteiger partial charge is 0.478 e. The van der Waals surface area contributed by atoms with E-state index < -0.39 is 90.6 Å². The lowest BCUT2D eigenvalue weighted by Gasteiger charge is -2.19. The zero-order valence-corrected chi connectivity index (χ0v) is 29.2. The molecule has 1 aromatic heterocycles. The van der Waals surface area contributed by atoms with Crippen LogP contribution in [-0.4, -0.2) is 76.4 Å². The van der Waals surface area contributed by atoms with Crippen LogP contribution in [0.4, 0.5) is 23.0 Å². The van der Waals surface area contributed by atoms with Gasteiger partial charge in [0.15, 0.2) is 5.71 Å². The summed E-state index contributed by atoms with van der Waals surface area (Å²) in [5.74, 6) is -2.68. The van der Waals surface area contributed by atoms with Crippen molar-refractivity contribution < 1.29 is 53.6 Å². The van der Waals surface area contributed by atoms with Crippen molar-refractivity contribution in [3.05, 3.63) is 105 Å². The molecule has 0 fully saturated rings. The van der Waals surface area contributed by atoms with Gasteiger partial charge in [-0.15, -0.1) is 0 Å². The van der Waals surface area contributed by atoms with E-state index in [1.165, 1.54) is 48.5 Å². The van der Waals surface area contributed by atoms with Gasteiger partial charge in [-0.25, -0.2) is 9.79 Å². The van der Waals surface area contributed by atoms with Crippen molar-refractivity contribution in [1.82, 2.24) is 15.0 Å². The van der Waals surface area contributed by atoms with Gasteiger partial charge in [-0.1, -0.05) is 30.3 Å². The third-order valence-electron chi connectivity index (χ3n) is 7.33. The van der Waals surface area contributed by atoms with Crippen LogP contribution in [0.5, 0.6) is 0 Å². The molecular weight excluding hydrogens is 782 g/mol. The Hall–Kier alpha value is -5.88. The number of Topliss-reactive ketones (excluding diaryl/α,β-unsaturated/α-hetero) is 1. The first-order chi connectivity index (χ1) is 24.8. The van der Waals surface area contributed by atoms with E-state index in [2.05, 4.69) is 35.8 Å². The van der Waals surface area contributed by atoms with Gasteiger partial charge in [0, 0.05) is 11.1 Å². The number of anilines is 3. The Labute approximate surface area is 302 Å². The SMILES string of the molecule is O=C(O)c1ccc(Nc2nc(Cl)[nH]c(=Nc3cc(S(=O)(=O)O)cc4c3C(=O)/C(=N\Nc3ccc5ccccc5c3S(=O)(=O)O)C(S(=O)(=O)O)=C4)n2)cc1. The molecular formula is C30H20ClN7O12S3. The minimum Gasteiger partial charge on any atom is -0.478 e. The van der Waals surface area contributed by atoms with Gasteiger partial charge in [-0.3, -0.25) is 28.9 Å². The number of aromatic nitrogens is 3. The molecule has 23 heteroatoms. The van der Waals surface area contributed by atoms with E-state index in [4.69, 9.17) is 16.7 Å². The van der Waals surface area contributed by atoms with Crippen molar-refractivity contribution in [3.8, 4) is 0 Å². The van der Waals surface area contributed by atoms with E-state index in [1.807, 2.05) is 0 Å². The lowest BCUT2D eigenvalue weighted by molar-refractivity contribution is 0.0696. The number of allylic oxidation sites excluding steroid dienone is 1. The number of fused-ring (bicyclic) bond motifs is 2. The van der Waals surface area contributed by atoms with E-state index >= 15 is 0 Å². The number of hydrogen-bond acceptors (Lipinski definition) is 14. The molecule has 19 nitrogen and oxygen atoms in total. The summed E-state index contributed by atoms with van der Waals surface area (Å²) in [4.78, 5) is 37.2. The summed E-state index contributed by atoms with van der Waals surface area (Å²) in [6.07, 6.45) is 0.662. The van der Waals surface area contributed by atoms with Crippen molar-refractivity contribution in [2.24, 2.45) is 10.1 Å². The molecule has 0 unspecified atom stereocenters. The Balaban J connectivity index is 1.52. The van der Waals surface area contributed by atoms with Crippen LogP contribution in [0.25, 0.3) is 16.8 Å². The first kappa shape index (κ1) is 36.9. The minimum atomic E-state index is -5.32. The monoisotopic (exact) mass is 801 g/mol. The number of halogens is 1. The average Bonchev–Trinajstić information content (AvgIpc) is 3.06. The molecule has 0 spiro atoms. The predicted molar refractivity (Wildman–Crippen MR) is 188 cm³/mol. The zero-order valence-electron chi connectivity index (χ0n) is 26.0. The quantitative estimate of drug-likeness (QED) is 0.0826. The number of carboxylic acid groups (broad SMARTS) is 1. The molecule has 0 atom stereocenters. The van der Waals surface area contributed by atoms with Gasteiger partial charge in [-0.2, -0.15) is 40.3 Å². The zero-order chi connectivity index (χ0) is 38.5. The molecule has 0 saturated heterocycles. The molecule has 272 valence electrons. The van der Waals surface area contributed by atoms with Crippen molar-refractivity contribution >= 4 is 99.3 Å². The molecule has 7 N–H and O–H groups in total. The highest BCUT2D eigenvalue weighted by Gasteiger charge is 2.36. The number of ketones is 1. The lowest BCUT2D eigenvalue weighted by atomic mass is 9.93. The van der Waals surface area contributed by atoms with Gasteiger partial charge in [0.25, 0.3) is 30.4 Å². The third kappa shape index (κ3) is 7.82. The molecule has 53 heavy (non-hydrogen) atoms. The van der Waals surface area contributed by atoms with E-state index in [9.17, 15) is 48.5 Å². The second-order valence-corrected chi connectivity index (χ2v) is 15.3. The van der Waals surface area contributed by atoms with Crippen LogP contribution in [0.3, 0.4) is 0 Å². The van der Waals surface area contributed by atoms with Crippen molar-refractivity contribution in [1.29, 1.82) is 0 Å². The van der Waals surface area contributed by atoms with Gasteiger partial charge < -0.3 is 10.4 Å². The topological polar surface area (TPSA) is 308 Å². The number of rotatable bonds is 9. The lowest BCUT2D eigenvalue weighted by Crippen LogP contribution is -2.28. The van der Waals surface area contributed by atoms with Gasteiger partial charge in [0.2, 0.25) is 22.6 Å². The maximum Gasteiger partial charge on any atom is 0.335 e. The van der Waals surface area contributed by atoms with E-state index in [1.54, 1.807) is 12.1 Å². The third-order valence-corrected chi connectivity index (χ3v) is 10.2. The number of hydrogen-bond donors (Lipinski definition) is 7. The second kappa shape index (κ2) is 13.6. The molecule has 0 aliphatic heterocycles. The number of carboxylic acids is 1. The Morgan fingerprint density at radius 3 is 2.19 bits per heavy atom. The van der Waals surface area contributed by atoms with Crippen LogP contribution in [0.2, 0.25) is 5.28 Å². The van der Waals surface area contributed by atoms with Crippen LogP contribution >= 0.6 is 11.6 Å². The number of aromatic amines is 1. The first-order valence-corrected chi connectivity index (χ1v) is 19.0. The summed E-state index contributed by atoms with van der Waals surface area (Å²) < 4.78 is 104. The Bertz CT molecular complexity index is 2880. The van der Waals surface area contributed by atoms with Crippen molar-refractivity contribution in [2.45, 2.75) is 9.79 Å². The Kier molecular flexibility index (Phi) is 9.46. The van der Waals surface area contributed by atoms with Crippen LogP contribution in [0.15, 0.2) is 97.6 Å². The van der Waals surface area contributed by atoms with Gasteiger partial charge in [0.05, 0.1) is 27.4 Å². The Morgan fingerprint density at radius 2 is 1.55 bits per heavy atom. The summed E-state index contributed by atoms with van der Waals surface area (Å²) >= 11 is 6.12. The van der Waals surface area contributed by atoms with Gasteiger partial charge in [-0.05, 0) is 71.1 Å². The highest BCUT2D eigenvalue weighted by Crippen LogP contribution is 2.36. The molecule has 0 amide bonds. The van der Waals surface area contributed by atoms with Crippen LogP contribution in [-0.2, 0) is 30.4 Å². The van der Waals surface area contributed by atoms with Gasteiger partial charge >= 0.3 is 5.97 Å². The fraction of sp³-hybridized carbons (Fsp3) is 0. The highest BCUT2D eigenvalue weighted by atomic mass is 35.5. The second-order valence-electron chi connectivity index (χ2n) is 10.8. The summed E-state index contributed by atoms with van der Waals surface area (Å²) in [5.41, 5.74) is -0.850. The number of carbonyl (C=O) groups excluding carboxylic acids is 1. The molecule has 0 bridgehead atoms. The van der Waals surface area contributed by atoms with Crippen molar-refractivity contribution in [3.63, 3.8) is 0 Å². The predicted octanol–water partition coefficient (Wildman–Crippen LogP) is 3.67. The highest BCUT2D eigenvalue weighted by molar-refractivity contribution is 7.91. The fourth-order valence-corrected chi connectivity index (χ4v) is 7.32. The molecule has 0 radical (unpaired) electrons. The maximum atomic E-state index is 14.1. The molecule has 1 aliphatic rings. The average molecular weight is 802 g/mol. The number of benzene rings is 4. The number of H-pyrrole nitrogens is 1. The maximum absolute atomic E-state index is 14.1. The fourth-order valence-electron chi connectivity index (χ4n) is 5.10. The normalized spacial score (nSPS) is 14.6. The number of aromatic carboxylic acids is 1. The molecule has 6 rings (SSSR count). The Morgan fingerprint density at radius 1 is 0.849 bits per heavy atom. The van der Waals surface area contributed by atoms with E-state index in [-0.39, 0.29) is 22.2 Å². The summed E-state index contributed by atoms with van der Waals surface area (Å²) in [7, 11) is -15.3. The number of hydrazone groups is 1.